The maximum absolute atomic E-state index is 13.2. The zero-order valence-corrected chi connectivity index (χ0v) is 17.6. The summed E-state index contributed by atoms with van der Waals surface area (Å²) in [5.41, 5.74) is -1.04. The third-order valence-electron chi connectivity index (χ3n) is 5.30. The zero-order valence-electron chi connectivity index (χ0n) is 17.6. The Balaban J connectivity index is 2.11. The summed E-state index contributed by atoms with van der Waals surface area (Å²) in [7, 11) is 3.81. The first kappa shape index (κ1) is 21.8. The first-order valence-electron chi connectivity index (χ1n) is 9.90. The second kappa shape index (κ2) is 8.43. The van der Waals surface area contributed by atoms with Crippen LogP contribution in [0.5, 0.6) is 5.75 Å². The Morgan fingerprint density at radius 2 is 1.80 bits per heavy atom. The summed E-state index contributed by atoms with van der Waals surface area (Å²) in [6, 6.07) is 4.90. The number of amides is 1. The van der Waals surface area contributed by atoms with Crippen LogP contribution in [0.1, 0.15) is 48.4 Å². The predicted molar refractivity (Wildman–Crippen MR) is 110 cm³/mol. The Morgan fingerprint density at radius 3 is 2.37 bits per heavy atom. The molecule has 1 aromatic carbocycles. The van der Waals surface area contributed by atoms with Gasteiger partial charge in [-0.2, -0.15) is 0 Å². The first-order valence-corrected chi connectivity index (χ1v) is 9.90. The molecule has 30 heavy (non-hydrogen) atoms. The molecule has 1 aliphatic rings. The van der Waals surface area contributed by atoms with Crippen molar-refractivity contribution in [3.63, 3.8) is 0 Å². The van der Waals surface area contributed by atoms with Gasteiger partial charge in [-0.15, -0.1) is 0 Å². The van der Waals surface area contributed by atoms with Gasteiger partial charge < -0.3 is 14.9 Å². The van der Waals surface area contributed by atoms with Crippen molar-refractivity contribution >= 4 is 5.91 Å². The third-order valence-corrected chi connectivity index (χ3v) is 5.30. The molecule has 0 saturated carbocycles. The van der Waals surface area contributed by atoms with Crippen LogP contribution in [0.15, 0.2) is 33.9 Å². The monoisotopic (exact) mass is 418 g/mol. The smallest absolute Gasteiger partial charge is 0.332 e. The van der Waals surface area contributed by atoms with Gasteiger partial charge >= 0.3 is 5.69 Å². The fraction of sp³-hybridized carbons (Fsp3) is 0.476. The van der Waals surface area contributed by atoms with Crippen LogP contribution in [-0.4, -0.2) is 57.1 Å². The van der Waals surface area contributed by atoms with E-state index in [1.165, 1.54) is 21.6 Å². The van der Waals surface area contributed by atoms with Crippen molar-refractivity contribution < 1.29 is 14.3 Å². The van der Waals surface area contributed by atoms with Gasteiger partial charge in [-0.3, -0.25) is 18.7 Å². The lowest BCUT2D eigenvalue weighted by Gasteiger charge is -2.36. The Bertz CT molecular complexity index is 1060. The Morgan fingerprint density at radius 1 is 1.17 bits per heavy atom. The lowest BCUT2D eigenvalue weighted by atomic mass is 10.1. The van der Waals surface area contributed by atoms with Crippen LogP contribution in [-0.2, 0) is 6.54 Å². The van der Waals surface area contributed by atoms with E-state index in [2.05, 4.69) is 0 Å². The normalized spacial score (nSPS) is 16.4. The minimum absolute atomic E-state index is 0.179. The lowest BCUT2D eigenvalue weighted by molar-refractivity contribution is 0.0625. The number of hydrogen-bond acceptors (Lipinski definition) is 5. The highest BCUT2D eigenvalue weighted by atomic mass is 19.1. The lowest BCUT2D eigenvalue weighted by Crippen LogP contribution is -2.52. The molecule has 1 atom stereocenters. The molecule has 0 aliphatic carbocycles. The van der Waals surface area contributed by atoms with Gasteiger partial charge in [0.15, 0.2) is 5.69 Å². The molecule has 0 bridgehead atoms. The average molecular weight is 418 g/mol. The fourth-order valence-corrected chi connectivity index (χ4v) is 3.77. The van der Waals surface area contributed by atoms with Crippen molar-refractivity contribution in [1.29, 1.82) is 0 Å². The van der Waals surface area contributed by atoms with Crippen molar-refractivity contribution in [1.82, 2.24) is 18.9 Å². The standard InChI is InChI=1S/C21H27FN4O4/c1-13(2)25-20(29)18(27)17-19(28)24(11-14-5-7-15(22)8-6-14)12-16(9-10-23(3)4)26(17)21(25)30/h5-8,13,16,27H,9-12H2,1-4H3. The number of aromatic hydroxyl groups is 1. The fourth-order valence-electron chi connectivity index (χ4n) is 3.77. The summed E-state index contributed by atoms with van der Waals surface area (Å²) in [6.07, 6.45) is 0.544. The summed E-state index contributed by atoms with van der Waals surface area (Å²) in [5, 5.41) is 10.6. The van der Waals surface area contributed by atoms with Crippen molar-refractivity contribution in [2.24, 2.45) is 0 Å². The highest BCUT2D eigenvalue weighted by Crippen LogP contribution is 2.27. The minimum atomic E-state index is -0.871. The van der Waals surface area contributed by atoms with Crippen LogP contribution < -0.4 is 11.2 Å². The highest BCUT2D eigenvalue weighted by molar-refractivity contribution is 5.95. The Kier molecular flexibility index (Phi) is 6.12. The van der Waals surface area contributed by atoms with Crippen molar-refractivity contribution in [2.45, 2.75) is 38.9 Å². The molecule has 0 spiro atoms. The Labute approximate surface area is 173 Å². The maximum Gasteiger partial charge on any atom is 0.332 e. The molecule has 1 amide bonds. The summed E-state index contributed by atoms with van der Waals surface area (Å²) >= 11 is 0. The number of nitrogens with zero attached hydrogens (tertiary/aromatic N) is 4. The van der Waals surface area contributed by atoms with Crippen LogP contribution >= 0.6 is 0 Å². The summed E-state index contributed by atoms with van der Waals surface area (Å²) in [5.74, 6) is -1.69. The van der Waals surface area contributed by atoms with Gasteiger partial charge in [-0.05, 0) is 58.6 Å². The molecule has 1 unspecified atom stereocenters. The van der Waals surface area contributed by atoms with Gasteiger partial charge in [0.25, 0.3) is 11.5 Å². The topological polar surface area (TPSA) is 87.8 Å². The maximum atomic E-state index is 13.2. The van der Waals surface area contributed by atoms with Crippen LogP contribution in [0.3, 0.4) is 0 Å². The molecule has 0 saturated heterocycles. The van der Waals surface area contributed by atoms with E-state index >= 15 is 0 Å². The molecule has 0 radical (unpaired) electrons. The quantitative estimate of drug-likeness (QED) is 0.770. The zero-order chi connectivity index (χ0) is 22.2. The first-order chi connectivity index (χ1) is 14.1. The van der Waals surface area contributed by atoms with Crippen LogP contribution in [0, 0.1) is 5.82 Å². The molecule has 8 nitrogen and oxygen atoms in total. The molecule has 2 heterocycles. The van der Waals surface area contributed by atoms with E-state index in [0.717, 1.165) is 4.57 Å². The van der Waals surface area contributed by atoms with E-state index in [0.29, 0.717) is 18.5 Å². The molecule has 1 N–H and O–H groups in total. The number of halogens is 1. The largest absolute Gasteiger partial charge is 0.501 e. The molecule has 3 rings (SSSR count). The second-order valence-corrected chi connectivity index (χ2v) is 8.18. The summed E-state index contributed by atoms with van der Waals surface area (Å²) in [4.78, 5) is 42.3. The van der Waals surface area contributed by atoms with Crippen molar-refractivity contribution in [3.05, 3.63) is 62.2 Å². The number of rotatable bonds is 6. The minimum Gasteiger partial charge on any atom is -0.501 e. The second-order valence-electron chi connectivity index (χ2n) is 8.18. The number of fused-ring (bicyclic) bond motifs is 1. The molecule has 0 fully saturated rings. The molecule has 162 valence electrons. The van der Waals surface area contributed by atoms with E-state index in [4.69, 9.17) is 0 Å². The van der Waals surface area contributed by atoms with Gasteiger partial charge in [0.1, 0.15) is 5.82 Å². The highest BCUT2D eigenvalue weighted by Gasteiger charge is 2.37. The van der Waals surface area contributed by atoms with Crippen LogP contribution in [0.2, 0.25) is 0 Å². The number of carbonyl (C=O) groups excluding carboxylic acids is 1. The van der Waals surface area contributed by atoms with Crippen LogP contribution in [0.25, 0.3) is 0 Å². The number of benzene rings is 1. The number of carbonyl (C=O) groups is 1. The van der Waals surface area contributed by atoms with Crippen molar-refractivity contribution in [2.75, 3.05) is 27.2 Å². The molecular formula is C21H27FN4O4. The number of hydrogen-bond donors (Lipinski definition) is 1. The number of aromatic nitrogens is 2. The molecular weight excluding hydrogens is 391 g/mol. The average Bonchev–Trinajstić information content (AvgIpc) is 2.67. The van der Waals surface area contributed by atoms with Gasteiger partial charge in [-0.25, -0.2) is 9.18 Å². The third kappa shape index (κ3) is 4.02. The van der Waals surface area contributed by atoms with Crippen molar-refractivity contribution in [3.8, 4) is 5.75 Å². The van der Waals surface area contributed by atoms with E-state index in [-0.39, 0.29) is 24.6 Å². The predicted octanol–water partition coefficient (Wildman–Crippen LogP) is 1.58. The molecule has 1 aliphatic heterocycles. The van der Waals surface area contributed by atoms with Gasteiger partial charge in [-0.1, -0.05) is 12.1 Å². The summed E-state index contributed by atoms with van der Waals surface area (Å²) < 4.78 is 15.5. The van der Waals surface area contributed by atoms with E-state index < -0.39 is 35.0 Å². The van der Waals surface area contributed by atoms with E-state index in [1.807, 2.05) is 19.0 Å². The van der Waals surface area contributed by atoms with E-state index in [9.17, 15) is 23.9 Å². The Hall–Kier alpha value is -2.94. The van der Waals surface area contributed by atoms with Gasteiger partial charge in [0.2, 0.25) is 5.75 Å². The molecule has 1 aromatic heterocycles. The van der Waals surface area contributed by atoms with Gasteiger partial charge in [0.05, 0.1) is 6.04 Å². The SMILES string of the molecule is CC(C)n1c(=O)c(O)c2n(c1=O)C(CCN(C)C)CN(Cc1ccc(F)cc1)C2=O. The molecule has 2 aromatic rings. The molecule has 9 heteroatoms. The van der Waals surface area contributed by atoms with Gasteiger partial charge in [0, 0.05) is 19.1 Å². The van der Waals surface area contributed by atoms with Crippen LogP contribution in [0.4, 0.5) is 4.39 Å². The summed E-state index contributed by atoms with van der Waals surface area (Å²) in [6.45, 7) is 4.42. The van der Waals surface area contributed by atoms with E-state index in [1.54, 1.807) is 26.0 Å².